The summed E-state index contributed by atoms with van der Waals surface area (Å²) in [7, 11) is 0. The number of ether oxygens (including phenoxy) is 1. The average molecular weight is 371 g/mol. The van der Waals surface area contributed by atoms with Crippen molar-refractivity contribution in [3.05, 3.63) is 77.6 Å². The second-order valence-corrected chi connectivity index (χ2v) is 6.49. The average Bonchev–Trinajstić information content (AvgIpc) is 2.88. The first-order valence-corrected chi connectivity index (χ1v) is 9.77. The van der Waals surface area contributed by atoms with Crippen LogP contribution in [-0.2, 0) is 9.53 Å². The highest BCUT2D eigenvalue weighted by Gasteiger charge is 2.24. The van der Waals surface area contributed by atoms with E-state index in [0.717, 1.165) is 37.2 Å². The molecule has 1 saturated carbocycles. The number of halogens is 1. The Labute approximate surface area is 163 Å². The summed E-state index contributed by atoms with van der Waals surface area (Å²) < 4.78 is 19.8. The third kappa shape index (κ3) is 7.03. The topological polar surface area (TPSA) is 26.3 Å². The smallest absolute Gasteiger partial charge is 0.354 e. The number of esters is 1. The van der Waals surface area contributed by atoms with Crippen molar-refractivity contribution in [3.63, 3.8) is 0 Å². The Bertz CT molecular complexity index is 705. The molecule has 0 bridgehead atoms. The standard InChI is InChI=1S/C22H25FO2.C2H6/c1-4-6-9-19(5-2)25-22(24)20-10-7-8-18(15-21(20)23)17-13-11-16(3)12-14-17;1-2/h4-9,15-17H,2,11-14H2,1,3H3;1-2H3/b6-4-,19-9+;. The monoisotopic (exact) mass is 370 g/mol. The third-order valence-electron chi connectivity index (χ3n) is 4.59. The second kappa shape index (κ2) is 12.1. The number of carbonyl (C=O) groups is 1. The van der Waals surface area contributed by atoms with Gasteiger partial charge in [0.2, 0.25) is 0 Å². The summed E-state index contributed by atoms with van der Waals surface area (Å²) in [5, 5.41) is 0. The van der Waals surface area contributed by atoms with Crippen LogP contribution in [0, 0.1) is 11.8 Å². The van der Waals surface area contributed by atoms with Crippen LogP contribution in [0.2, 0.25) is 0 Å². The molecule has 0 aromatic heterocycles. The highest BCUT2D eigenvalue weighted by atomic mass is 19.1. The second-order valence-electron chi connectivity index (χ2n) is 6.49. The van der Waals surface area contributed by atoms with E-state index in [1.54, 1.807) is 24.3 Å². The number of rotatable bonds is 5. The zero-order valence-corrected chi connectivity index (χ0v) is 16.9. The first-order chi connectivity index (χ1) is 13.0. The van der Waals surface area contributed by atoms with Crippen LogP contribution in [0.5, 0.6) is 0 Å². The molecule has 0 N–H and O–H groups in total. The van der Waals surface area contributed by atoms with Crippen LogP contribution >= 0.6 is 0 Å². The zero-order valence-electron chi connectivity index (χ0n) is 16.9. The molecule has 0 aromatic carbocycles. The van der Waals surface area contributed by atoms with E-state index < -0.39 is 11.8 Å². The molecule has 0 aliphatic heterocycles. The van der Waals surface area contributed by atoms with Gasteiger partial charge in [0, 0.05) is 0 Å². The minimum absolute atomic E-state index is 0.191. The van der Waals surface area contributed by atoms with Gasteiger partial charge in [0.1, 0.15) is 17.2 Å². The van der Waals surface area contributed by atoms with Gasteiger partial charge >= 0.3 is 5.97 Å². The molecule has 2 aliphatic rings. The largest absolute Gasteiger partial charge is 0.422 e. The first kappa shape index (κ1) is 22.7. The molecule has 0 radical (unpaired) electrons. The fourth-order valence-electron chi connectivity index (χ4n) is 3.05. The molecule has 0 heterocycles. The van der Waals surface area contributed by atoms with Crippen LogP contribution in [0.15, 0.2) is 77.6 Å². The molecule has 0 saturated heterocycles. The van der Waals surface area contributed by atoms with Crippen LogP contribution in [0.4, 0.5) is 4.39 Å². The molecule has 3 heteroatoms. The summed E-state index contributed by atoms with van der Waals surface area (Å²) in [4.78, 5) is 12.3. The van der Waals surface area contributed by atoms with Crippen molar-refractivity contribution in [2.75, 3.05) is 0 Å². The SMILES string of the molecule is C=C/C(=C\C=C/C)OC(=O)C1=C=CC=C(C2CCC(C)CC2)C=C1F.CC. The Balaban J connectivity index is 0.00000176. The molecular weight excluding hydrogens is 339 g/mol. The summed E-state index contributed by atoms with van der Waals surface area (Å²) in [5.74, 6) is -0.0276. The van der Waals surface area contributed by atoms with Crippen molar-refractivity contribution < 1.29 is 13.9 Å². The van der Waals surface area contributed by atoms with Crippen LogP contribution in [0.25, 0.3) is 0 Å². The predicted octanol–water partition coefficient (Wildman–Crippen LogP) is 6.90. The lowest BCUT2D eigenvalue weighted by Crippen LogP contribution is -2.14. The van der Waals surface area contributed by atoms with E-state index >= 15 is 0 Å². The minimum Gasteiger partial charge on any atom is -0.422 e. The van der Waals surface area contributed by atoms with Gasteiger partial charge in [-0.25, -0.2) is 9.18 Å². The Kier molecular flexibility index (Phi) is 10.1. The number of hydrogen-bond donors (Lipinski definition) is 0. The number of allylic oxidation sites excluding steroid dienone is 7. The van der Waals surface area contributed by atoms with E-state index in [1.807, 2.05) is 26.8 Å². The first-order valence-electron chi connectivity index (χ1n) is 9.77. The summed E-state index contributed by atoms with van der Waals surface area (Å²) in [5.41, 5.74) is 3.45. The molecule has 0 amide bonds. The van der Waals surface area contributed by atoms with E-state index in [4.69, 9.17) is 4.74 Å². The van der Waals surface area contributed by atoms with Gasteiger partial charge in [-0.05, 0) is 61.5 Å². The van der Waals surface area contributed by atoms with Crippen molar-refractivity contribution in [3.8, 4) is 0 Å². The number of carbonyl (C=O) groups excluding carboxylic acids is 1. The normalized spacial score (nSPS) is 22.7. The van der Waals surface area contributed by atoms with Gasteiger partial charge in [0.05, 0.1) is 0 Å². The van der Waals surface area contributed by atoms with Crippen molar-refractivity contribution in [1.82, 2.24) is 0 Å². The van der Waals surface area contributed by atoms with Gasteiger partial charge < -0.3 is 4.74 Å². The molecule has 0 unspecified atom stereocenters. The molecule has 2 rings (SSSR count). The van der Waals surface area contributed by atoms with Gasteiger partial charge in [-0.15, -0.1) is 5.73 Å². The minimum atomic E-state index is -0.771. The summed E-state index contributed by atoms with van der Waals surface area (Å²) in [6.07, 6.45) is 15.9. The number of hydrogen-bond acceptors (Lipinski definition) is 2. The lowest BCUT2D eigenvalue weighted by Gasteiger charge is -2.26. The molecule has 0 atom stereocenters. The lowest BCUT2D eigenvalue weighted by atomic mass is 9.79. The third-order valence-corrected chi connectivity index (χ3v) is 4.59. The summed E-state index contributed by atoms with van der Waals surface area (Å²) in [6.45, 7) is 11.7. The van der Waals surface area contributed by atoms with Gasteiger partial charge in [-0.1, -0.05) is 58.4 Å². The van der Waals surface area contributed by atoms with Gasteiger partial charge in [0.15, 0.2) is 0 Å². The van der Waals surface area contributed by atoms with Gasteiger partial charge in [-0.3, -0.25) is 0 Å². The Hall–Kier alpha value is -2.38. The van der Waals surface area contributed by atoms with Gasteiger partial charge in [-0.2, -0.15) is 0 Å². The maximum Gasteiger partial charge on any atom is 0.354 e. The van der Waals surface area contributed by atoms with E-state index in [2.05, 4.69) is 19.2 Å². The van der Waals surface area contributed by atoms with Crippen LogP contribution < -0.4 is 0 Å². The van der Waals surface area contributed by atoms with E-state index in [-0.39, 0.29) is 11.3 Å². The lowest BCUT2D eigenvalue weighted by molar-refractivity contribution is -0.134. The Morgan fingerprint density at radius 2 is 1.96 bits per heavy atom. The van der Waals surface area contributed by atoms with Crippen LogP contribution in [0.1, 0.15) is 53.4 Å². The van der Waals surface area contributed by atoms with Crippen molar-refractivity contribution in [2.24, 2.45) is 11.8 Å². The van der Waals surface area contributed by atoms with Crippen LogP contribution in [0.3, 0.4) is 0 Å². The Morgan fingerprint density at radius 1 is 1.30 bits per heavy atom. The maximum atomic E-state index is 14.6. The van der Waals surface area contributed by atoms with Gasteiger partial charge in [0.25, 0.3) is 0 Å². The highest BCUT2D eigenvalue weighted by Crippen LogP contribution is 2.35. The summed E-state index contributed by atoms with van der Waals surface area (Å²) in [6, 6.07) is 0. The molecule has 1 fully saturated rings. The molecule has 146 valence electrons. The maximum absolute atomic E-state index is 14.6. The molecule has 0 aromatic rings. The summed E-state index contributed by atoms with van der Waals surface area (Å²) >= 11 is 0. The zero-order chi connectivity index (χ0) is 20.2. The highest BCUT2D eigenvalue weighted by molar-refractivity contribution is 5.93. The van der Waals surface area contributed by atoms with E-state index in [9.17, 15) is 9.18 Å². The molecular formula is C24H31FO2. The van der Waals surface area contributed by atoms with E-state index in [0.29, 0.717) is 5.92 Å². The molecule has 2 nitrogen and oxygen atoms in total. The molecule has 0 spiro atoms. The van der Waals surface area contributed by atoms with Crippen molar-refractivity contribution in [2.45, 2.75) is 53.4 Å². The quantitative estimate of drug-likeness (QED) is 0.228. The van der Waals surface area contributed by atoms with Crippen molar-refractivity contribution >= 4 is 5.97 Å². The van der Waals surface area contributed by atoms with E-state index in [1.165, 1.54) is 12.2 Å². The van der Waals surface area contributed by atoms with Crippen molar-refractivity contribution in [1.29, 1.82) is 0 Å². The fraction of sp³-hybridized carbons (Fsp3) is 0.417. The predicted molar refractivity (Wildman–Crippen MR) is 111 cm³/mol. The fourth-order valence-corrected chi connectivity index (χ4v) is 3.05. The molecule has 2 aliphatic carbocycles. The molecule has 27 heavy (non-hydrogen) atoms. The van der Waals surface area contributed by atoms with Crippen LogP contribution in [-0.4, -0.2) is 5.97 Å². The Morgan fingerprint density at radius 3 is 2.56 bits per heavy atom.